The average molecular weight is 531 g/mol. The molecule has 2 aromatic carbocycles. The second kappa shape index (κ2) is 12.6. The minimum atomic E-state index is -1.21. The summed E-state index contributed by atoms with van der Waals surface area (Å²) < 4.78 is 11.5. The number of methoxy groups -OCH3 is 1. The molecule has 0 bridgehead atoms. The smallest absolute Gasteiger partial charge is 0.225 e. The highest BCUT2D eigenvalue weighted by Gasteiger charge is 2.44. The van der Waals surface area contributed by atoms with Crippen molar-refractivity contribution in [2.24, 2.45) is 17.6 Å². The fourth-order valence-corrected chi connectivity index (χ4v) is 6.01. The molecule has 2 aromatic rings. The number of unbranched alkanes of at least 4 members (excludes halogenated alkanes) is 1. The molecule has 37 heavy (non-hydrogen) atoms. The number of aliphatic hydroxyl groups excluding tert-OH is 1. The number of piperidine rings is 1. The van der Waals surface area contributed by atoms with Gasteiger partial charge in [-0.1, -0.05) is 41.9 Å². The SMILES string of the molecule is COCCCC[C@@](O)(c1ccccc1Oc1ccccc1Cl)C1CCCN(C(=O)[C@H]2C[C@@H](N)[C@@H](O)C2)C1. The second-order valence-electron chi connectivity index (χ2n) is 10.4. The summed E-state index contributed by atoms with van der Waals surface area (Å²) in [5.74, 6) is 0.658. The van der Waals surface area contributed by atoms with Crippen LogP contribution in [0.2, 0.25) is 5.02 Å². The van der Waals surface area contributed by atoms with Crippen molar-refractivity contribution < 1.29 is 24.5 Å². The van der Waals surface area contributed by atoms with E-state index >= 15 is 0 Å². The Bertz CT molecular complexity index is 1040. The van der Waals surface area contributed by atoms with E-state index in [1.807, 2.05) is 41.3 Å². The molecule has 1 heterocycles. The van der Waals surface area contributed by atoms with Crippen molar-refractivity contribution in [3.05, 3.63) is 59.1 Å². The van der Waals surface area contributed by atoms with Gasteiger partial charge in [-0.2, -0.15) is 0 Å². The van der Waals surface area contributed by atoms with E-state index in [2.05, 4.69) is 0 Å². The summed E-state index contributed by atoms with van der Waals surface area (Å²) in [5, 5.41) is 23.0. The Balaban J connectivity index is 1.61. The number of aliphatic hydroxyl groups is 2. The Morgan fingerprint density at radius 2 is 1.86 bits per heavy atom. The largest absolute Gasteiger partial charge is 0.455 e. The van der Waals surface area contributed by atoms with Crippen molar-refractivity contribution in [2.75, 3.05) is 26.8 Å². The van der Waals surface area contributed by atoms with E-state index in [-0.39, 0.29) is 23.8 Å². The van der Waals surface area contributed by atoms with Gasteiger partial charge in [0.1, 0.15) is 11.5 Å². The molecule has 2 fully saturated rings. The second-order valence-corrected chi connectivity index (χ2v) is 10.8. The molecule has 8 heteroatoms. The fourth-order valence-electron chi connectivity index (χ4n) is 5.83. The standard InChI is InChI=1S/C29H39ClN2O5/c1-36-16-7-6-14-29(35,22-10-2-4-12-26(22)37-27-13-5-3-11-23(27)30)21-9-8-15-32(19-21)28(34)20-17-24(31)25(33)18-20/h2-5,10-13,20-21,24-25,33,35H,6-9,14-19,31H2,1H3/t20-,21?,24+,25-,29-/m0/s1. The number of amides is 1. The first-order valence-corrected chi connectivity index (χ1v) is 13.7. The lowest BCUT2D eigenvalue weighted by Gasteiger charge is -2.44. The monoisotopic (exact) mass is 530 g/mol. The van der Waals surface area contributed by atoms with Crippen LogP contribution in [0.5, 0.6) is 11.5 Å². The molecule has 0 spiro atoms. The zero-order valence-electron chi connectivity index (χ0n) is 21.5. The van der Waals surface area contributed by atoms with E-state index in [1.165, 1.54) is 0 Å². The van der Waals surface area contributed by atoms with E-state index in [4.69, 9.17) is 26.8 Å². The van der Waals surface area contributed by atoms with Gasteiger partial charge >= 0.3 is 0 Å². The van der Waals surface area contributed by atoms with Gasteiger partial charge in [-0.05, 0) is 63.1 Å². The molecule has 1 saturated heterocycles. The molecule has 4 rings (SSSR count). The van der Waals surface area contributed by atoms with Gasteiger partial charge in [0, 0.05) is 50.2 Å². The summed E-state index contributed by atoms with van der Waals surface area (Å²) in [6, 6.07) is 14.5. The van der Waals surface area contributed by atoms with E-state index in [0.717, 1.165) is 25.7 Å². The van der Waals surface area contributed by atoms with Gasteiger partial charge in [0.15, 0.2) is 0 Å². The third kappa shape index (κ3) is 6.47. The highest BCUT2D eigenvalue weighted by Crippen LogP contribution is 2.45. The number of carbonyl (C=O) groups excluding carboxylic acids is 1. The number of carbonyl (C=O) groups is 1. The topological polar surface area (TPSA) is 105 Å². The van der Waals surface area contributed by atoms with E-state index in [0.29, 0.717) is 61.0 Å². The molecule has 1 unspecified atom stereocenters. The molecule has 1 aliphatic heterocycles. The number of hydrogen-bond donors (Lipinski definition) is 3. The van der Waals surface area contributed by atoms with E-state index < -0.39 is 11.7 Å². The highest BCUT2D eigenvalue weighted by atomic mass is 35.5. The Morgan fingerprint density at radius 3 is 2.57 bits per heavy atom. The van der Waals surface area contributed by atoms with Crippen LogP contribution in [0.15, 0.2) is 48.5 Å². The number of hydrogen-bond acceptors (Lipinski definition) is 6. The summed E-state index contributed by atoms with van der Waals surface area (Å²) in [6.07, 6.45) is 3.94. The van der Waals surface area contributed by atoms with Crippen molar-refractivity contribution in [3.63, 3.8) is 0 Å². The van der Waals surface area contributed by atoms with Crippen LogP contribution in [0.25, 0.3) is 0 Å². The van der Waals surface area contributed by atoms with Crippen LogP contribution in [-0.2, 0) is 15.1 Å². The number of benzene rings is 2. The van der Waals surface area contributed by atoms with Gasteiger partial charge in [0.2, 0.25) is 5.91 Å². The van der Waals surface area contributed by atoms with Gasteiger partial charge in [0.05, 0.1) is 16.7 Å². The minimum absolute atomic E-state index is 0.0269. The maximum absolute atomic E-state index is 13.4. The third-order valence-corrected chi connectivity index (χ3v) is 8.21. The van der Waals surface area contributed by atoms with Crippen molar-refractivity contribution in [3.8, 4) is 11.5 Å². The molecule has 0 aromatic heterocycles. The zero-order valence-corrected chi connectivity index (χ0v) is 22.3. The van der Waals surface area contributed by atoms with Crippen LogP contribution in [0.4, 0.5) is 0 Å². The number of nitrogens with two attached hydrogens (primary N) is 1. The Kier molecular flexibility index (Phi) is 9.48. The summed E-state index contributed by atoms with van der Waals surface area (Å²) in [6.45, 7) is 1.71. The number of rotatable bonds is 10. The zero-order chi connectivity index (χ0) is 26.4. The summed E-state index contributed by atoms with van der Waals surface area (Å²) in [4.78, 5) is 15.2. The lowest BCUT2D eigenvalue weighted by molar-refractivity contribution is -0.141. The molecule has 202 valence electrons. The van der Waals surface area contributed by atoms with Crippen LogP contribution in [-0.4, -0.2) is 60.0 Å². The van der Waals surface area contributed by atoms with Gasteiger partial charge in [0.25, 0.3) is 0 Å². The van der Waals surface area contributed by atoms with Gasteiger partial charge < -0.3 is 30.3 Å². The third-order valence-electron chi connectivity index (χ3n) is 7.90. The Morgan fingerprint density at radius 1 is 1.14 bits per heavy atom. The fraction of sp³-hybridized carbons (Fsp3) is 0.552. The molecule has 4 N–H and O–H groups in total. The van der Waals surface area contributed by atoms with Crippen molar-refractivity contribution in [1.29, 1.82) is 0 Å². The molecule has 5 atom stereocenters. The number of halogens is 1. The predicted octanol–water partition coefficient (Wildman–Crippen LogP) is 4.47. The first kappa shape index (κ1) is 27.9. The molecule has 1 amide bonds. The van der Waals surface area contributed by atoms with E-state index in [9.17, 15) is 15.0 Å². The lowest BCUT2D eigenvalue weighted by Crippen LogP contribution is -2.49. The predicted molar refractivity (Wildman–Crippen MR) is 144 cm³/mol. The quantitative estimate of drug-likeness (QED) is 0.391. The van der Waals surface area contributed by atoms with Gasteiger partial charge in [-0.25, -0.2) is 0 Å². The normalized spacial score (nSPS) is 25.6. The maximum atomic E-state index is 13.4. The van der Waals surface area contributed by atoms with Crippen LogP contribution < -0.4 is 10.5 Å². The molecule has 0 radical (unpaired) electrons. The first-order chi connectivity index (χ1) is 17.8. The maximum Gasteiger partial charge on any atom is 0.225 e. The van der Waals surface area contributed by atoms with Crippen molar-refractivity contribution in [1.82, 2.24) is 4.90 Å². The van der Waals surface area contributed by atoms with Crippen LogP contribution in [0.1, 0.15) is 50.5 Å². The molecular formula is C29H39ClN2O5. The van der Waals surface area contributed by atoms with Crippen LogP contribution >= 0.6 is 11.6 Å². The first-order valence-electron chi connectivity index (χ1n) is 13.3. The lowest BCUT2D eigenvalue weighted by atomic mass is 9.73. The number of ether oxygens (including phenoxy) is 2. The minimum Gasteiger partial charge on any atom is -0.455 e. The molecule has 1 aliphatic carbocycles. The summed E-state index contributed by atoms with van der Waals surface area (Å²) >= 11 is 6.37. The van der Waals surface area contributed by atoms with Gasteiger partial charge in [-0.15, -0.1) is 0 Å². The van der Waals surface area contributed by atoms with Crippen molar-refractivity contribution >= 4 is 17.5 Å². The molecular weight excluding hydrogens is 492 g/mol. The van der Waals surface area contributed by atoms with Crippen LogP contribution in [0, 0.1) is 11.8 Å². The number of likely N-dealkylation sites (tertiary alicyclic amines) is 1. The summed E-state index contributed by atoms with van der Waals surface area (Å²) in [5.41, 5.74) is 5.47. The molecule has 2 aliphatic rings. The van der Waals surface area contributed by atoms with Crippen molar-refractivity contribution in [2.45, 2.75) is 62.7 Å². The van der Waals surface area contributed by atoms with E-state index in [1.54, 1.807) is 19.2 Å². The average Bonchev–Trinajstić information content (AvgIpc) is 3.25. The van der Waals surface area contributed by atoms with Crippen LogP contribution in [0.3, 0.4) is 0 Å². The highest BCUT2D eigenvalue weighted by molar-refractivity contribution is 6.32. The van der Waals surface area contributed by atoms with Gasteiger partial charge in [-0.3, -0.25) is 4.79 Å². The molecule has 7 nitrogen and oxygen atoms in total. The summed E-state index contributed by atoms with van der Waals surface area (Å²) in [7, 11) is 1.68. The number of para-hydroxylation sites is 2. The Hall–Kier alpha value is -2.16. The Labute approximate surface area is 224 Å². The number of nitrogens with zero attached hydrogens (tertiary/aromatic N) is 1. The molecule has 1 saturated carbocycles.